The lowest BCUT2D eigenvalue weighted by atomic mass is 9.79. The Balaban J connectivity index is 2.29. The van der Waals surface area contributed by atoms with Gasteiger partial charge < -0.3 is 0 Å². The first-order chi connectivity index (χ1) is 5.05. The molecule has 0 heterocycles. The van der Waals surface area contributed by atoms with E-state index in [1.54, 1.807) is 0 Å². The van der Waals surface area contributed by atoms with Crippen LogP contribution < -0.4 is 0 Å². The number of hydrogen-bond acceptors (Lipinski definition) is 0. The first-order valence-electron chi connectivity index (χ1n) is 4.44. The lowest BCUT2D eigenvalue weighted by molar-refractivity contribution is 0.333. The second kappa shape index (κ2) is 1.03. The molecule has 10 heavy (non-hydrogen) atoms. The average Bonchev–Trinajstić information content (AvgIpc) is 2.25. The van der Waals surface area contributed by atoms with Crippen molar-refractivity contribution in [1.29, 1.82) is 0 Å². The van der Waals surface area contributed by atoms with E-state index in [9.17, 15) is 0 Å². The van der Waals surface area contributed by atoms with Gasteiger partial charge in [-0.1, -0.05) is 38.2 Å². The second-order valence-corrected chi connectivity index (χ2v) is 4.11. The van der Waals surface area contributed by atoms with Crippen LogP contribution in [0.25, 0.3) is 0 Å². The molecule has 0 amide bonds. The van der Waals surface area contributed by atoms with E-state index in [4.69, 9.17) is 1.37 Å². The Hall–Kier alpha value is -0.520. The van der Waals surface area contributed by atoms with Crippen LogP contribution >= 0.6 is 0 Å². The van der Waals surface area contributed by atoms with Gasteiger partial charge >= 0.3 is 0 Å². The van der Waals surface area contributed by atoms with Crippen LogP contribution in [-0.4, -0.2) is 0 Å². The summed E-state index contributed by atoms with van der Waals surface area (Å²) in [7, 11) is 0. The van der Waals surface area contributed by atoms with Crippen molar-refractivity contribution < 1.29 is 1.37 Å². The molecule has 0 bridgehead atoms. The van der Waals surface area contributed by atoms with Gasteiger partial charge in [0.15, 0.2) is 0 Å². The SMILES string of the molecule is [2H]C12C=CC3(C)C=CC1C32C. The molecule has 0 aromatic carbocycles. The molecule has 3 rings (SSSR count). The first-order valence-corrected chi connectivity index (χ1v) is 3.94. The molecule has 0 aromatic rings. The molecule has 0 heteroatoms. The molecule has 0 spiro atoms. The molecule has 3 aliphatic carbocycles. The Morgan fingerprint density at radius 2 is 2.00 bits per heavy atom. The van der Waals surface area contributed by atoms with E-state index in [-0.39, 0.29) is 16.7 Å². The van der Waals surface area contributed by atoms with Crippen LogP contribution in [0.2, 0.25) is 0 Å². The van der Waals surface area contributed by atoms with E-state index in [0.717, 1.165) is 0 Å². The molecular weight excluding hydrogens is 120 g/mol. The van der Waals surface area contributed by atoms with Crippen molar-refractivity contribution >= 4 is 0 Å². The van der Waals surface area contributed by atoms with Crippen molar-refractivity contribution in [3.8, 4) is 0 Å². The number of rotatable bonds is 0. The quantitative estimate of drug-likeness (QED) is 0.445. The Morgan fingerprint density at radius 3 is 2.50 bits per heavy atom. The van der Waals surface area contributed by atoms with Crippen LogP contribution in [0.4, 0.5) is 0 Å². The average molecular weight is 133 g/mol. The van der Waals surface area contributed by atoms with Crippen LogP contribution in [0.5, 0.6) is 0 Å². The van der Waals surface area contributed by atoms with Gasteiger partial charge in [-0.3, -0.25) is 0 Å². The molecule has 52 valence electrons. The van der Waals surface area contributed by atoms with Crippen molar-refractivity contribution in [3.63, 3.8) is 0 Å². The Labute approximate surface area is 63.0 Å². The summed E-state index contributed by atoms with van der Waals surface area (Å²) in [6.07, 6.45) is 8.80. The molecule has 0 aliphatic heterocycles. The molecule has 4 unspecified atom stereocenters. The summed E-state index contributed by atoms with van der Waals surface area (Å²) >= 11 is 0. The zero-order valence-electron chi connectivity index (χ0n) is 7.39. The largest absolute Gasteiger partial charge is 0.0833 e. The van der Waals surface area contributed by atoms with E-state index in [2.05, 4.69) is 38.2 Å². The van der Waals surface area contributed by atoms with E-state index in [1.807, 2.05) is 0 Å². The number of allylic oxidation sites excluding steroid dienone is 4. The Morgan fingerprint density at radius 1 is 1.30 bits per heavy atom. The highest BCUT2D eigenvalue weighted by Crippen LogP contribution is 2.76. The Bertz CT molecular complexity index is 304. The van der Waals surface area contributed by atoms with Gasteiger partial charge in [-0.25, -0.2) is 0 Å². The standard InChI is InChI=1S/C10H12/c1-9-5-3-7-8(4-6-9)10(7,9)2/h3-8H,1-2H3/i7D. The highest BCUT2D eigenvalue weighted by Gasteiger charge is 2.71. The molecule has 0 radical (unpaired) electrons. The summed E-state index contributed by atoms with van der Waals surface area (Å²) in [6.45, 7) is 4.48. The molecule has 0 aromatic heterocycles. The van der Waals surface area contributed by atoms with E-state index in [1.165, 1.54) is 0 Å². The minimum absolute atomic E-state index is 0.194. The van der Waals surface area contributed by atoms with Crippen LogP contribution in [0.3, 0.4) is 0 Å². The van der Waals surface area contributed by atoms with Gasteiger partial charge in [-0.2, -0.15) is 0 Å². The third kappa shape index (κ3) is 0.264. The van der Waals surface area contributed by atoms with Gasteiger partial charge in [0.05, 0.1) is 0 Å². The maximum absolute atomic E-state index is 8.13. The fraction of sp³-hybridized carbons (Fsp3) is 0.600. The highest BCUT2D eigenvalue weighted by atomic mass is 14.7. The van der Waals surface area contributed by atoms with E-state index in [0.29, 0.717) is 5.92 Å². The normalized spacial score (nSPS) is 75.8. The molecule has 1 saturated carbocycles. The van der Waals surface area contributed by atoms with Gasteiger partial charge in [-0.05, 0) is 17.2 Å². The summed E-state index contributed by atoms with van der Waals surface area (Å²) in [5, 5.41) is 0. The van der Waals surface area contributed by atoms with Gasteiger partial charge in [-0.15, -0.1) is 0 Å². The summed E-state index contributed by atoms with van der Waals surface area (Å²) in [6, 6.07) is 0. The lowest BCUT2D eigenvalue weighted by Crippen LogP contribution is -2.18. The predicted octanol–water partition coefficient (Wildman–Crippen LogP) is 2.38. The zero-order valence-corrected chi connectivity index (χ0v) is 6.39. The summed E-state index contributed by atoms with van der Waals surface area (Å²) < 4.78 is 8.13. The van der Waals surface area contributed by atoms with Gasteiger partial charge in [0.25, 0.3) is 0 Å². The van der Waals surface area contributed by atoms with Crippen LogP contribution in [0.15, 0.2) is 24.3 Å². The van der Waals surface area contributed by atoms with Crippen molar-refractivity contribution in [3.05, 3.63) is 24.3 Å². The summed E-state index contributed by atoms with van der Waals surface area (Å²) in [5.41, 5.74) is 0.402. The van der Waals surface area contributed by atoms with Crippen LogP contribution in [0, 0.1) is 22.6 Å². The third-order valence-electron chi connectivity index (χ3n) is 3.84. The van der Waals surface area contributed by atoms with Gasteiger partial charge in [0, 0.05) is 6.79 Å². The molecule has 0 saturated heterocycles. The maximum Gasteiger partial charge on any atom is 0.0358 e. The second-order valence-electron chi connectivity index (χ2n) is 4.11. The predicted molar refractivity (Wildman–Crippen MR) is 41.5 cm³/mol. The summed E-state index contributed by atoms with van der Waals surface area (Å²) in [5.74, 6) is 0.265. The molecular formula is C10H12. The molecule has 0 nitrogen and oxygen atoms in total. The van der Waals surface area contributed by atoms with Gasteiger partial charge in [0.2, 0.25) is 0 Å². The Kier molecular flexibility index (Phi) is 0.450. The summed E-state index contributed by atoms with van der Waals surface area (Å²) in [4.78, 5) is 0. The molecule has 1 fully saturated rings. The molecule has 4 atom stereocenters. The topological polar surface area (TPSA) is 0 Å². The highest BCUT2D eigenvalue weighted by molar-refractivity contribution is 5.44. The zero-order chi connectivity index (χ0) is 7.91. The van der Waals surface area contributed by atoms with Crippen molar-refractivity contribution in [2.45, 2.75) is 13.8 Å². The fourth-order valence-electron chi connectivity index (χ4n) is 2.68. The van der Waals surface area contributed by atoms with Crippen LogP contribution in [-0.2, 0) is 0 Å². The van der Waals surface area contributed by atoms with Crippen LogP contribution in [0.1, 0.15) is 15.2 Å². The van der Waals surface area contributed by atoms with Crippen molar-refractivity contribution in [2.24, 2.45) is 22.6 Å². The molecule has 3 aliphatic rings. The lowest BCUT2D eigenvalue weighted by Gasteiger charge is -2.24. The fourth-order valence-corrected chi connectivity index (χ4v) is 2.68. The van der Waals surface area contributed by atoms with Gasteiger partial charge in [0.1, 0.15) is 0 Å². The maximum atomic E-state index is 8.13. The number of fused-ring (bicyclic) bond motifs is 1. The van der Waals surface area contributed by atoms with E-state index >= 15 is 0 Å². The van der Waals surface area contributed by atoms with E-state index < -0.39 is 0 Å². The van der Waals surface area contributed by atoms with Crippen molar-refractivity contribution in [2.75, 3.05) is 0 Å². The third-order valence-corrected chi connectivity index (χ3v) is 3.84. The first kappa shape index (κ1) is 4.38. The minimum atomic E-state index is -0.240. The van der Waals surface area contributed by atoms with Crippen molar-refractivity contribution in [1.82, 2.24) is 0 Å². The monoisotopic (exact) mass is 133 g/mol. The smallest absolute Gasteiger partial charge is 0.0358 e. The number of hydrogen-bond donors (Lipinski definition) is 0. The molecule has 0 N–H and O–H groups in total. The minimum Gasteiger partial charge on any atom is -0.0833 e.